The van der Waals surface area contributed by atoms with Crippen LogP contribution < -0.4 is 0 Å². The molecule has 0 heterocycles. The Balaban J connectivity index is 2.01. The van der Waals surface area contributed by atoms with Gasteiger partial charge in [-0.15, -0.1) is 12.6 Å². The van der Waals surface area contributed by atoms with Gasteiger partial charge in [0.1, 0.15) is 0 Å². The van der Waals surface area contributed by atoms with Crippen molar-refractivity contribution in [3.63, 3.8) is 0 Å². The SMILES string of the molecule is Cc1ccc2c(c1-c1ccccc1S)Cc1ccccc1-2. The minimum atomic E-state index is 1.02. The number of fused-ring (bicyclic) bond motifs is 3. The highest BCUT2D eigenvalue weighted by Crippen LogP contribution is 2.44. The molecule has 0 aliphatic heterocycles. The van der Waals surface area contributed by atoms with Gasteiger partial charge in [0.25, 0.3) is 0 Å². The molecule has 0 unspecified atom stereocenters. The number of hydrogen-bond acceptors (Lipinski definition) is 1. The van der Waals surface area contributed by atoms with E-state index in [2.05, 4.69) is 74.1 Å². The van der Waals surface area contributed by atoms with E-state index in [1.165, 1.54) is 38.9 Å². The highest BCUT2D eigenvalue weighted by Gasteiger charge is 2.22. The first-order valence-corrected chi connectivity index (χ1v) is 7.69. The van der Waals surface area contributed by atoms with Crippen LogP contribution in [0.4, 0.5) is 0 Å². The molecule has 0 N–H and O–H groups in total. The summed E-state index contributed by atoms with van der Waals surface area (Å²) in [6, 6.07) is 21.6. The average Bonchev–Trinajstić information content (AvgIpc) is 2.87. The van der Waals surface area contributed by atoms with Gasteiger partial charge in [0.05, 0.1) is 0 Å². The van der Waals surface area contributed by atoms with Crippen LogP contribution in [-0.4, -0.2) is 0 Å². The van der Waals surface area contributed by atoms with Gasteiger partial charge in [-0.2, -0.15) is 0 Å². The summed E-state index contributed by atoms with van der Waals surface area (Å²) in [5, 5.41) is 0. The quantitative estimate of drug-likeness (QED) is 0.438. The molecular weight excluding hydrogens is 272 g/mol. The topological polar surface area (TPSA) is 0 Å². The van der Waals surface area contributed by atoms with Crippen molar-refractivity contribution in [1.29, 1.82) is 0 Å². The van der Waals surface area contributed by atoms with Crippen LogP contribution in [0.1, 0.15) is 16.7 Å². The molecule has 0 radical (unpaired) electrons. The van der Waals surface area contributed by atoms with E-state index < -0.39 is 0 Å². The van der Waals surface area contributed by atoms with Gasteiger partial charge < -0.3 is 0 Å². The Morgan fingerprint density at radius 3 is 2.29 bits per heavy atom. The highest BCUT2D eigenvalue weighted by atomic mass is 32.1. The lowest BCUT2D eigenvalue weighted by Gasteiger charge is -2.14. The summed E-state index contributed by atoms with van der Waals surface area (Å²) in [7, 11) is 0. The van der Waals surface area contributed by atoms with Gasteiger partial charge in [0.15, 0.2) is 0 Å². The van der Waals surface area contributed by atoms with Crippen molar-refractivity contribution >= 4 is 12.6 Å². The van der Waals surface area contributed by atoms with Crippen molar-refractivity contribution in [1.82, 2.24) is 0 Å². The molecule has 0 nitrogen and oxygen atoms in total. The maximum Gasteiger partial charge on any atom is 0.0119 e. The summed E-state index contributed by atoms with van der Waals surface area (Å²) in [6.45, 7) is 2.19. The first-order valence-electron chi connectivity index (χ1n) is 7.25. The number of thiol groups is 1. The number of aryl methyl sites for hydroxylation is 1. The maximum atomic E-state index is 4.66. The summed E-state index contributed by atoms with van der Waals surface area (Å²) in [5.41, 5.74) is 9.54. The van der Waals surface area contributed by atoms with Crippen LogP contribution in [-0.2, 0) is 6.42 Å². The van der Waals surface area contributed by atoms with Gasteiger partial charge in [-0.1, -0.05) is 54.6 Å². The van der Waals surface area contributed by atoms with Crippen molar-refractivity contribution in [3.05, 3.63) is 77.4 Å². The largest absolute Gasteiger partial charge is 0.143 e. The van der Waals surface area contributed by atoms with E-state index in [4.69, 9.17) is 0 Å². The molecule has 0 spiro atoms. The summed E-state index contributed by atoms with van der Waals surface area (Å²) >= 11 is 4.66. The molecule has 1 aliphatic rings. The lowest BCUT2D eigenvalue weighted by Crippen LogP contribution is -1.93. The molecule has 21 heavy (non-hydrogen) atoms. The Morgan fingerprint density at radius 2 is 1.48 bits per heavy atom. The van der Waals surface area contributed by atoms with Crippen molar-refractivity contribution in [2.45, 2.75) is 18.2 Å². The Hall–Kier alpha value is -1.99. The zero-order chi connectivity index (χ0) is 14.4. The lowest BCUT2D eigenvalue weighted by molar-refractivity contribution is 1.24. The van der Waals surface area contributed by atoms with Gasteiger partial charge in [-0.3, -0.25) is 0 Å². The average molecular weight is 288 g/mol. The predicted octanol–water partition coefficient (Wildman–Crippen LogP) is 5.52. The summed E-state index contributed by atoms with van der Waals surface area (Å²) < 4.78 is 0. The van der Waals surface area contributed by atoms with E-state index in [1.54, 1.807) is 0 Å². The van der Waals surface area contributed by atoms with E-state index in [1.807, 2.05) is 6.07 Å². The molecule has 0 fully saturated rings. The second kappa shape index (κ2) is 4.78. The zero-order valence-corrected chi connectivity index (χ0v) is 12.8. The molecular formula is C20H16S. The first kappa shape index (κ1) is 12.7. The first-order chi connectivity index (χ1) is 10.3. The molecule has 0 aromatic heterocycles. The van der Waals surface area contributed by atoms with Crippen LogP contribution in [0.2, 0.25) is 0 Å². The van der Waals surface area contributed by atoms with E-state index in [9.17, 15) is 0 Å². The third-order valence-electron chi connectivity index (χ3n) is 4.37. The Bertz CT molecular complexity index is 846. The molecule has 4 rings (SSSR count). The van der Waals surface area contributed by atoms with Crippen molar-refractivity contribution < 1.29 is 0 Å². The summed E-state index contributed by atoms with van der Waals surface area (Å²) in [5.74, 6) is 0. The fourth-order valence-electron chi connectivity index (χ4n) is 3.39. The van der Waals surface area contributed by atoms with Crippen LogP contribution in [0.3, 0.4) is 0 Å². The maximum absolute atomic E-state index is 4.66. The van der Waals surface area contributed by atoms with Crippen molar-refractivity contribution in [3.8, 4) is 22.3 Å². The molecule has 0 saturated heterocycles. The van der Waals surface area contributed by atoms with Crippen molar-refractivity contribution in [2.24, 2.45) is 0 Å². The molecule has 0 bridgehead atoms. The van der Waals surface area contributed by atoms with Crippen LogP contribution in [0.15, 0.2) is 65.6 Å². The lowest BCUT2D eigenvalue weighted by atomic mass is 9.91. The van der Waals surface area contributed by atoms with Gasteiger partial charge >= 0.3 is 0 Å². The summed E-state index contributed by atoms with van der Waals surface area (Å²) in [6.07, 6.45) is 1.02. The van der Waals surface area contributed by atoms with Gasteiger partial charge in [-0.25, -0.2) is 0 Å². The second-order valence-corrected chi connectivity index (χ2v) is 6.12. The van der Waals surface area contributed by atoms with E-state index in [-0.39, 0.29) is 0 Å². The molecule has 0 atom stereocenters. The fourth-order valence-corrected chi connectivity index (χ4v) is 3.66. The van der Waals surface area contributed by atoms with Crippen LogP contribution in [0, 0.1) is 6.92 Å². The van der Waals surface area contributed by atoms with E-state index >= 15 is 0 Å². The molecule has 3 aromatic rings. The van der Waals surface area contributed by atoms with Crippen LogP contribution in [0.5, 0.6) is 0 Å². The Labute approximate surface area is 130 Å². The van der Waals surface area contributed by atoms with Gasteiger partial charge in [0.2, 0.25) is 0 Å². The van der Waals surface area contributed by atoms with Gasteiger partial charge in [-0.05, 0) is 58.4 Å². The number of rotatable bonds is 1. The molecule has 1 aliphatic carbocycles. The van der Waals surface area contributed by atoms with E-state index in [0.717, 1.165) is 11.3 Å². The minimum Gasteiger partial charge on any atom is -0.143 e. The fraction of sp³-hybridized carbons (Fsp3) is 0.100. The Kier molecular flexibility index (Phi) is 2.90. The zero-order valence-electron chi connectivity index (χ0n) is 11.9. The third kappa shape index (κ3) is 1.92. The van der Waals surface area contributed by atoms with Crippen LogP contribution in [0.25, 0.3) is 22.3 Å². The number of benzene rings is 3. The molecule has 102 valence electrons. The highest BCUT2D eigenvalue weighted by molar-refractivity contribution is 7.80. The number of hydrogen-bond donors (Lipinski definition) is 1. The predicted molar refractivity (Wildman–Crippen MR) is 92.1 cm³/mol. The summed E-state index contributed by atoms with van der Waals surface area (Å²) in [4.78, 5) is 1.05. The third-order valence-corrected chi connectivity index (χ3v) is 4.76. The monoisotopic (exact) mass is 288 g/mol. The van der Waals surface area contributed by atoms with Gasteiger partial charge in [0, 0.05) is 4.90 Å². The van der Waals surface area contributed by atoms with Crippen LogP contribution >= 0.6 is 12.6 Å². The molecule has 0 amide bonds. The van der Waals surface area contributed by atoms with E-state index in [0.29, 0.717) is 0 Å². The minimum absolute atomic E-state index is 1.02. The Morgan fingerprint density at radius 1 is 0.762 bits per heavy atom. The second-order valence-electron chi connectivity index (χ2n) is 5.63. The molecule has 0 saturated carbocycles. The standard InChI is InChI=1S/C20H16S/c1-13-10-11-16-15-7-3-2-6-14(15)12-18(16)20(13)17-8-4-5-9-19(17)21/h2-11,21H,12H2,1H3. The normalized spacial score (nSPS) is 12.1. The molecule has 3 aromatic carbocycles. The smallest absolute Gasteiger partial charge is 0.0119 e. The molecule has 1 heteroatoms. The van der Waals surface area contributed by atoms with Crippen molar-refractivity contribution in [2.75, 3.05) is 0 Å².